The summed E-state index contributed by atoms with van der Waals surface area (Å²) in [6, 6.07) is 5.96. The molecule has 0 saturated carbocycles. The maximum Gasteiger partial charge on any atom is 0.168 e. The van der Waals surface area contributed by atoms with Crippen LogP contribution < -0.4 is 0 Å². The van der Waals surface area contributed by atoms with Crippen molar-refractivity contribution < 1.29 is 0 Å². The Hall–Kier alpha value is -1.41. The zero-order valence-corrected chi connectivity index (χ0v) is 9.77. The van der Waals surface area contributed by atoms with E-state index in [1.807, 2.05) is 25.3 Å². The highest BCUT2D eigenvalue weighted by atomic mass is 79.9. The van der Waals surface area contributed by atoms with E-state index < -0.39 is 0 Å². The van der Waals surface area contributed by atoms with Crippen LogP contribution in [0.25, 0.3) is 5.65 Å². The van der Waals surface area contributed by atoms with E-state index in [1.165, 1.54) is 0 Å². The summed E-state index contributed by atoms with van der Waals surface area (Å²) in [7, 11) is 0. The predicted octanol–water partition coefficient (Wildman–Crippen LogP) is 2.51. The van der Waals surface area contributed by atoms with Gasteiger partial charge in [0.1, 0.15) is 5.92 Å². The van der Waals surface area contributed by atoms with Gasteiger partial charge in [0.25, 0.3) is 0 Å². The van der Waals surface area contributed by atoms with Crippen molar-refractivity contribution in [2.45, 2.75) is 19.3 Å². The first-order valence-electron chi connectivity index (χ1n) is 4.66. The van der Waals surface area contributed by atoms with Gasteiger partial charge in [0.2, 0.25) is 0 Å². The van der Waals surface area contributed by atoms with E-state index in [1.54, 1.807) is 4.52 Å². The first kappa shape index (κ1) is 10.1. The second-order valence-electron chi connectivity index (χ2n) is 3.21. The lowest BCUT2D eigenvalue weighted by molar-refractivity contribution is 0.744. The Morgan fingerprint density at radius 3 is 3.13 bits per heavy atom. The number of halogens is 1. The van der Waals surface area contributed by atoms with Gasteiger partial charge in [-0.25, -0.2) is 9.50 Å². The molecule has 5 heteroatoms. The third-order valence-corrected chi connectivity index (χ3v) is 2.68. The Kier molecular flexibility index (Phi) is 2.69. The molecule has 2 rings (SSSR count). The lowest BCUT2D eigenvalue weighted by atomic mass is 10.1. The minimum Gasteiger partial charge on any atom is -0.221 e. The summed E-state index contributed by atoms with van der Waals surface area (Å²) < 4.78 is 2.64. The van der Waals surface area contributed by atoms with Gasteiger partial charge in [-0.3, -0.25) is 0 Å². The van der Waals surface area contributed by atoms with E-state index >= 15 is 0 Å². The van der Waals surface area contributed by atoms with Gasteiger partial charge in [-0.2, -0.15) is 5.26 Å². The topological polar surface area (TPSA) is 54.0 Å². The molecule has 0 bridgehead atoms. The van der Waals surface area contributed by atoms with Gasteiger partial charge in [0, 0.05) is 10.7 Å². The normalized spacial score (nSPS) is 12.6. The average Bonchev–Trinajstić information content (AvgIpc) is 2.62. The molecule has 0 aliphatic heterocycles. The Balaban J connectivity index is 2.52. The summed E-state index contributed by atoms with van der Waals surface area (Å²) in [5.74, 6) is 0.377. The zero-order chi connectivity index (χ0) is 10.8. The van der Waals surface area contributed by atoms with E-state index in [-0.39, 0.29) is 5.92 Å². The molecule has 15 heavy (non-hydrogen) atoms. The first-order valence-corrected chi connectivity index (χ1v) is 5.45. The number of hydrogen-bond acceptors (Lipinski definition) is 3. The number of aromatic nitrogens is 3. The Bertz CT molecular complexity index is 526. The van der Waals surface area contributed by atoms with Crippen LogP contribution >= 0.6 is 15.9 Å². The molecule has 0 fully saturated rings. The van der Waals surface area contributed by atoms with Crippen molar-refractivity contribution in [1.29, 1.82) is 5.26 Å². The van der Waals surface area contributed by atoms with Gasteiger partial charge >= 0.3 is 0 Å². The summed E-state index contributed by atoms with van der Waals surface area (Å²) in [5, 5.41) is 13.2. The van der Waals surface area contributed by atoms with E-state index in [9.17, 15) is 0 Å². The Morgan fingerprint density at radius 2 is 2.47 bits per heavy atom. The highest BCUT2D eigenvalue weighted by Crippen LogP contribution is 2.17. The van der Waals surface area contributed by atoms with Crippen molar-refractivity contribution in [3.8, 4) is 6.07 Å². The van der Waals surface area contributed by atoms with Crippen molar-refractivity contribution in [2.24, 2.45) is 0 Å². The number of rotatable bonds is 2. The van der Waals surface area contributed by atoms with Crippen molar-refractivity contribution in [1.82, 2.24) is 14.6 Å². The quantitative estimate of drug-likeness (QED) is 0.838. The number of hydrogen-bond donors (Lipinski definition) is 0. The van der Waals surface area contributed by atoms with Gasteiger partial charge in [-0.15, -0.1) is 5.10 Å². The molecule has 0 saturated heterocycles. The van der Waals surface area contributed by atoms with Crippen LogP contribution in [0, 0.1) is 11.3 Å². The summed E-state index contributed by atoms with van der Waals surface area (Å²) in [6.45, 7) is 1.95. The van der Waals surface area contributed by atoms with Crippen LogP contribution in [0.4, 0.5) is 0 Å². The van der Waals surface area contributed by atoms with Crippen molar-refractivity contribution in [3.63, 3.8) is 0 Å². The van der Waals surface area contributed by atoms with Gasteiger partial charge in [-0.1, -0.05) is 22.9 Å². The SMILES string of the molecule is CCC(C#N)c1nc2cc(Br)ccn2n1. The Labute approximate surface area is 95.7 Å². The summed E-state index contributed by atoms with van der Waals surface area (Å²) in [5.41, 5.74) is 0.757. The highest BCUT2D eigenvalue weighted by molar-refractivity contribution is 9.10. The van der Waals surface area contributed by atoms with Gasteiger partial charge in [0.15, 0.2) is 11.5 Å². The van der Waals surface area contributed by atoms with Gasteiger partial charge < -0.3 is 0 Å². The maximum absolute atomic E-state index is 8.91. The fraction of sp³-hybridized carbons (Fsp3) is 0.300. The molecular formula is C10H9BrN4. The molecular weight excluding hydrogens is 256 g/mol. The number of nitrogens with zero attached hydrogens (tertiary/aromatic N) is 4. The highest BCUT2D eigenvalue weighted by Gasteiger charge is 2.14. The minimum atomic E-state index is -0.219. The van der Waals surface area contributed by atoms with E-state index in [2.05, 4.69) is 32.1 Å². The third-order valence-electron chi connectivity index (χ3n) is 2.19. The molecule has 1 unspecified atom stereocenters. The van der Waals surface area contributed by atoms with Crippen LogP contribution in [-0.4, -0.2) is 14.6 Å². The second-order valence-corrected chi connectivity index (χ2v) is 4.12. The fourth-order valence-electron chi connectivity index (χ4n) is 1.35. The fourth-order valence-corrected chi connectivity index (χ4v) is 1.68. The van der Waals surface area contributed by atoms with Crippen LogP contribution in [0.1, 0.15) is 25.1 Å². The lowest BCUT2D eigenvalue weighted by Gasteiger charge is -1.96. The lowest BCUT2D eigenvalue weighted by Crippen LogP contribution is -1.96. The molecule has 0 amide bonds. The van der Waals surface area contributed by atoms with Crippen molar-refractivity contribution >= 4 is 21.6 Å². The summed E-state index contributed by atoms with van der Waals surface area (Å²) >= 11 is 3.37. The summed E-state index contributed by atoms with van der Waals surface area (Å²) in [4.78, 5) is 4.31. The third kappa shape index (κ3) is 1.85. The van der Waals surface area contributed by atoms with Crippen molar-refractivity contribution in [2.75, 3.05) is 0 Å². The Morgan fingerprint density at radius 1 is 1.67 bits per heavy atom. The van der Waals surface area contributed by atoms with Crippen LogP contribution in [0.15, 0.2) is 22.8 Å². The van der Waals surface area contributed by atoms with Crippen LogP contribution in [-0.2, 0) is 0 Å². The molecule has 2 aromatic heterocycles. The molecule has 1 atom stereocenters. The molecule has 0 spiro atoms. The standard InChI is InChI=1S/C10H9BrN4/c1-2-7(6-12)10-13-9-5-8(11)3-4-15(9)14-10/h3-5,7H,2H2,1H3. The van der Waals surface area contributed by atoms with Crippen LogP contribution in [0.3, 0.4) is 0 Å². The monoisotopic (exact) mass is 264 g/mol. The number of fused-ring (bicyclic) bond motifs is 1. The van der Waals surface area contributed by atoms with Crippen LogP contribution in [0.5, 0.6) is 0 Å². The van der Waals surface area contributed by atoms with Gasteiger partial charge in [-0.05, 0) is 18.6 Å². The van der Waals surface area contributed by atoms with E-state index in [4.69, 9.17) is 5.26 Å². The first-order chi connectivity index (χ1) is 7.24. The molecule has 2 heterocycles. The molecule has 2 aromatic rings. The van der Waals surface area contributed by atoms with Crippen LogP contribution in [0.2, 0.25) is 0 Å². The largest absolute Gasteiger partial charge is 0.221 e. The summed E-state index contributed by atoms with van der Waals surface area (Å²) in [6.07, 6.45) is 2.55. The number of pyridine rings is 1. The molecule has 0 aromatic carbocycles. The molecule has 76 valence electrons. The van der Waals surface area contributed by atoms with E-state index in [0.717, 1.165) is 16.5 Å². The average molecular weight is 265 g/mol. The van der Waals surface area contributed by atoms with Gasteiger partial charge in [0.05, 0.1) is 6.07 Å². The predicted molar refractivity (Wildman–Crippen MR) is 59.3 cm³/mol. The molecule has 0 aliphatic carbocycles. The minimum absolute atomic E-state index is 0.219. The molecule has 0 aliphatic rings. The smallest absolute Gasteiger partial charge is 0.168 e. The number of nitriles is 1. The van der Waals surface area contributed by atoms with E-state index in [0.29, 0.717) is 5.82 Å². The molecule has 0 radical (unpaired) electrons. The van der Waals surface area contributed by atoms with Crippen molar-refractivity contribution in [3.05, 3.63) is 28.6 Å². The zero-order valence-electron chi connectivity index (χ0n) is 8.18. The maximum atomic E-state index is 8.91. The second kappa shape index (κ2) is 3.99. The molecule has 4 nitrogen and oxygen atoms in total. The molecule has 0 N–H and O–H groups in total.